The first-order chi connectivity index (χ1) is 12.8. The number of nitrogen functional groups attached to an aromatic ring is 1. The fourth-order valence-corrected chi connectivity index (χ4v) is 3.06. The number of rotatable bonds is 4. The number of aryl methyl sites for hydroxylation is 1. The highest BCUT2D eigenvalue weighted by Gasteiger charge is 2.55. The molecule has 144 valence electrons. The number of hydrogen-bond acceptors (Lipinski definition) is 10. The van der Waals surface area contributed by atoms with Crippen molar-refractivity contribution in [2.45, 2.75) is 31.1 Å². The molecule has 0 amide bonds. The van der Waals surface area contributed by atoms with Gasteiger partial charge in [-0.25, -0.2) is 14.8 Å². The lowest BCUT2D eigenvalue weighted by atomic mass is 10.1. The van der Waals surface area contributed by atoms with Gasteiger partial charge in [0.1, 0.15) is 29.5 Å². The third kappa shape index (κ3) is 2.74. The van der Waals surface area contributed by atoms with E-state index in [1.54, 1.807) is 6.92 Å². The van der Waals surface area contributed by atoms with E-state index in [4.69, 9.17) is 20.7 Å². The molecule has 0 aromatic carbocycles. The van der Waals surface area contributed by atoms with Crippen LogP contribution in [0.1, 0.15) is 22.4 Å². The minimum absolute atomic E-state index is 0.00755. The van der Waals surface area contributed by atoms with Gasteiger partial charge < -0.3 is 35.1 Å². The van der Waals surface area contributed by atoms with Crippen LogP contribution in [0, 0.1) is 6.92 Å². The molecule has 1 saturated heterocycles. The van der Waals surface area contributed by atoms with E-state index in [0.717, 1.165) is 0 Å². The number of nitrogens with zero attached hydrogens (tertiary/aromatic N) is 6. The van der Waals surface area contributed by atoms with Crippen molar-refractivity contribution in [3.63, 3.8) is 0 Å². The normalized spacial score (nSPS) is 27.5. The zero-order valence-electron chi connectivity index (χ0n) is 14.3. The van der Waals surface area contributed by atoms with Crippen LogP contribution in [0.3, 0.4) is 0 Å². The van der Waals surface area contributed by atoms with Gasteiger partial charge in [0.15, 0.2) is 6.23 Å². The second-order valence-electron chi connectivity index (χ2n) is 5.93. The smallest absolute Gasteiger partial charge is 0.340 e. The zero-order chi connectivity index (χ0) is 19.9. The van der Waals surface area contributed by atoms with E-state index in [1.165, 1.54) is 17.9 Å². The average Bonchev–Trinajstić information content (AvgIpc) is 3.13. The van der Waals surface area contributed by atoms with Crippen LogP contribution < -0.4 is 5.73 Å². The Labute approximate surface area is 151 Å². The molecular formula is C14H17N7O6. The van der Waals surface area contributed by atoms with Gasteiger partial charge in [-0.05, 0) is 12.5 Å². The number of anilines is 1. The average molecular weight is 379 g/mol. The van der Waals surface area contributed by atoms with E-state index >= 15 is 0 Å². The van der Waals surface area contributed by atoms with Gasteiger partial charge in [-0.2, -0.15) is 0 Å². The maximum atomic E-state index is 12.1. The van der Waals surface area contributed by atoms with Gasteiger partial charge in [0.05, 0.1) is 24.7 Å². The van der Waals surface area contributed by atoms with Gasteiger partial charge in [-0.3, -0.25) is 0 Å². The number of nitrogens with two attached hydrogens (primary N) is 1. The molecule has 0 radical (unpaired) electrons. The quantitative estimate of drug-likeness (QED) is 0.230. The lowest BCUT2D eigenvalue weighted by molar-refractivity contribution is -0.123. The number of carbonyl (C=O) groups is 1. The summed E-state index contributed by atoms with van der Waals surface area (Å²) in [4.78, 5) is 22.9. The first-order valence-electron chi connectivity index (χ1n) is 7.73. The molecule has 0 spiro atoms. The number of esters is 1. The zero-order valence-corrected chi connectivity index (χ0v) is 14.3. The Morgan fingerprint density at radius 3 is 2.85 bits per heavy atom. The number of carbonyl (C=O) groups excluding carboxylic acids is 1. The van der Waals surface area contributed by atoms with Crippen molar-refractivity contribution in [1.82, 2.24) is 14.5 Å². The standard InChI is InChI=1S/C14H17N7O6/c1-5-17-10(15)7-6(13(25)26-2)3-21(11(7)18-5)12-8(23)9(24)14(4-22,27-12)19-20-16/h3,8-9,12,22-24H,4H2,1-2H3,(H2,15,17,18)/t8-,9+,12-,14-/m1/s1. The highest BCUT2D eigenvalue weighted by Crippen LogP contribution is 2.40. The number of methoxy groups -OCH3 is 1. The van der Waals surface area contributed by atoms with E-state index in [1.807, 2.05) is 0 Å². The van der Waals surface area contributed by atoms with Crippen molar-refractivity contribution in [3.05, 3.63) is 28.0 Å². The summed E-state index contributed by atoms with van der Waals surface area (Å²) in [5, 5.41) is 33.7. The van der Waals surface area contributed by atoms with E-state index in [-0.39, 0.29) is 28.2 Å². The largest absolute Gasteiger partial charge is 0.465 e. The third-order valence-electron chi connectivity index (χ3n) is 4.33. The van der Waals surface area contributed by atoms with E-state index in [0.29, 0.717) is 0 Å². The summed E-state index contributed by atoms with van der Waals surface area (Å²) in [7, 11) is 1.18. The summed E-state index contributed by atoms with van der Waals surface area (Å²) in [6, 6.07) is 0. The molecule has 0 saturated carbocycles. The Kier molecular flexibility index (Phi) is 4.63. The first-order valence-corrected chi connectivity index (χ1v) is 7.73. The molecule has 0 unspecified atom stereocenters. The highest BCUT2D eigenvalue weighted by atomic mass is 16.6. The van der Waals surface area contributed by atoms with Crippen molar-refractivity contribution in [2.24, 2.45) is 5.11 Å². The Bertz CT molecular complexity index is 955. The predicted molar refractivity (Wildman–Crippen MR) is 89.1 cm³/mol. The van der Waals surface area contributed by atoms with Gasteiger partial charge in [-0.15, -0.1) is 0 Å². The van der Waals surface area contributed by atoms with Crippen LogP contribution in [0.25, 0.3) is 21.5 Å². The molecule has 13 nitrogen and oxygen atoms in total. The Hall–Kier alpha value is -2.96. The molecule has 2 aromatic heterocycles. The van der Waals surface area contributed by atoms with E-state index in [9.17, 15) is 20.1 Å². The first kappa shape index (κ1) is 18.8. The highest BCUT2D eigenvalue weighted by molar-refractivity contribution is 6.07. The second-order valence-corrected chi connectivity index (χ2v) is 5.93. The van der Waals surface area contributed by atoms with Crippen LogP contribution in [-0.4, -0.2) is 67.5 Å². The number of ether oxygens (including phenoxy) is 2. The van der Waals surface area contributed by atoms with E-state index < -0.39 is 36.7 Å². The molecule has 1 aliphatic rings. The van der Waals surface area contributed by atoms with Crippen molar-refractivity contribution in [3.8, 4) is 0 Å². The topological polar surface area (TPSA) is 202 Å². The molecule has 5 N–H and O–H groups in total. The lowest BCUT2D eigenvalue weighted by Crippen LogP contribution is -2.44. The van der Waals surface area contributed by atoms with Crippen LogP contribution >= 0.6 is 0 Å². The number of azide groups is 1. The number of fused-ring (bicyclic) bond motifs is 1. The van der Waals surface area contributed by atoms with E-state index in [2.05, 4.69) is 20.0 Å². The monoisotopic (exact) mass is 379 g/mol. The maximum Gasteiger partial charge on any atom is 0.340 e. The Balaban J connectivity index is 2.23. The number of aliphatic hydroxyl groups excluding tert-OH is 3. The lowest BCUT2D eigenvalue weighted by Gasteiger charge is -2.23. The Morgan fingerprint density at radius 2 is 2.26 bits per heavy atom. The third-order valence-corrected chi connectivity index (χ3v) is 4.33. The summed E-state index contributed by atoms with van der Waals surface area (Å²) >= 11 is 0. The maximum absolute atomic E-state index is 12.1. The number of aliphatic hydroxyl groups is 3. The fraction of sp³-hybridized carbons (Fsp3) is 0.500. The minimum Gasteiger partial charge on any atom is -0.465 e. The Morgan fingerprint density at radius 1 is 1.56 bits per heavy atom. The second kappa shape index (κ2) is 6.64. The molecule has 0 bridgehead atoms. The summed E-state index contributed by atoms with van der Waals surface area (Å²) in [5.41, 5.74) is 12.7. The van der Waals surface area contributed by atoms with Crippen LogP contribution in [-0.2, 0) is 9.47 Å². The van der Waals surface area contributed by atoms with Crippen LogP contribution in [0.5, 0.6) is 0 Å². The van der Waals surface area contributed by atoms with Crippen molar-refractivity contribution in [2.75, 3.05) is 19.5 Å². The van der Waals surface area contributed by atoms with Gasteiger partial charge in [-0.1, -0.05) is 5.11 Å². The SMILES string of the molecule is COC(=O)c1cn([C@@H]2O[C@@](CO)(N=[N+]=[N-])[C@@H](O)[C@H]2O)c2nc(C)nc(N)c12. The summed E-state index contributed by atoms with van der Waals surface area (Å²) in [6.45, 7) is 0.689. The molecule has 13 heteroatoms. The van der Waals surface area contributed by atoms with Crippen molar-refractivity contribution in [1.29, 1.82) is 0 Å². The molecule has 1 aliphatic heterocycles. The number of hydrogen-bond donors (Lipinski definition) is 4. The van der Waals surface area contributed by atoms with Crippen molar-refractivity contribution < 1.29 is 29.6 Å². The van der Waals surface area contributed by atoms with Gasteiger partial charge >= 0.3 is 5.97 Å². The summed E-state index contributed by atoms with van der Waals surface area (Å²) < 4.78 is 11.5. The fourth-order valence-electron chi connectivity index (χ4n) is 3.06. The molecular weight excluding hydrogens is 362 g/mol. The van der Waals surface area contributed by atoms with Crippen LogP contribution in [0.15, 0.2) is 11.3 Å². The molecule has 3 heterocycles. The molecule has 4 atom stereocenters. The minimum atomic E-state index is -2.10. The molecule has 1 fully saturated rings. The van der Waals surface area contributed by atoms with Crippen LogP contribution in [0.4, 0.5) is 5.82 Å². The molecule has 0 aliphatic carbocycles. The molecule has 2 aromatic rings. The van der Waals surface area contributed by atoms with Gasteiger partial charge in [0.25, 0.3) is 0 Å². The van der Waals surface area contributed by atoms with Gasteiger partial charge in [0.2, 0.25) is 5.72 Å². The van der Waals surface area contributed by atoms with Crippen LogP contribution in [0.2, 0.25) is 0 Å². The predicted octanol–water partition coefficient (Wildman–Crippen LogP) is -0.642. The molecule has 3 rings (SSSR count). The molecule has 27 heavy (non-hydrogen) atoms. The summed E-state index contributed by atoms with van der Waals surface area (Å²) in [6.07, 6.45) is -3.42. The van der Waals surface area contributed by atoms with Crippen molar-refractivity contribution >= 4 is 22.8 Å². The van der Waals surface area contributed by atoms with Gasteiger partial charge in [0, 0.05) is 11.1 Å². The summed E-state index contributed by atoms with van der Waals surface area (Å²) in [5.74, 6) is -0.435. The number of aromatic nitrogens is 3.